The summed E-state index contributed by atoms with van der Waals surface area (Å²) in [7, 11) is 2.05. The number of quaternary nitrogens is 1. The van der Waals surface area contributed by atoms with E-state index in [1.807, 2.05) is 6.92 Å². The monoisotopic (exact) mass is 341 g/mol. The van der Waals surface area contributed by atoms with Crippen LogP contribution in [0.4, 0.5) is 5.69 Å². The second-order valence-corrected chi connectivity index (χ2v) is 6.72. The highest BCUT2D eigenvalue weighted by molar-refractivity contribution is 5.95. The van der Waals surface area contributed by atoms with E-state index in [-0.39, 0.29) is 11.9 Å². The maximum atomic E-state index is 12.7. The second-order valence-electron chi connectivity index (χ2n) is 6.72. The van der Waals surface area contributed by atoms with E-state index in [0.29, 0.717) is 17.3 Å². The zero-order valence-electron chi connectivity index (χ0n) is 14.7. The molecule has 0 bridgehead atoms. The van der Waals surface area contributed by atoms with Crippen molar-refractivity contribution in [2.45, 2.75) is 31.8 Å². The Morgan fingerprint density at radius 3 is 2.60 bits per heavy atom. The maximum Gasteiger partial charge on any atom is 0.282 e. The number of amides is 2. The van der Waals surface area contributed by atoms with E-state index in [1.54, 1.807) is 24.3 Å². The topological polar surface area (TPSA) is 81.6 Å². The van der Waals surface area contributed by atoms with Gasteiger partial charge in [0.25, 0.3) is 5.91 Å². The number of carbonyl (C=O) groups excluding carboxylic acids is 2. The van der Waals surface area contributed by atoms with Crippen molar-refractivity contribution in [3.8, 4) is 0 Å². The number of aromatic nitrogens is 1. The number of anilines is 1. The number of primary amides is 1. The summed E-state index contributed by atoms with van der Waals surface area (Å²) in [6.45, 7) is 2.97. The van der Waals surface area contributed by atoms with Crippen molar-refractivity contribution in [1.82, 2.24) is 4.57 Å². The molecule has 4 N–H and O–H groups in total. The van der Waals surface area contributed by atoms with Crippen LogP contribution in [0.15, 0.2) is 42.6 Å². The minimum Gasteiger partial charge on any atom is -0.366 e. The molecule has 0 spiro atoms. The fourth-order valence-corrected chi connectivity index (χ4v) is 3.70. The van der Waals surface area contributed by atoms with Crippen molar-refractivity contribution in [3.63, 3.8) is 0 Å². The van der Waals surface area contributed by atoms with Gasteiger partial charge in [0.1, 0.15) is 6.04 Å². The van der Waals surface area contributed by atoms with E-state index < -0.39 is 5.91 Å². The molecule has 25 heavy (non-hydrogen) atoms. The molecule has 0 saturated carbocycles. The van der Waals surface area contributed by atoms with Gasteiger partial charge in [0.15, 0.2) is 6.04 Å². The van der Waals surface area contributed by atoms with Crippen LogP contribution in [0.2, 0.25) is 0 Å². The SMILES string of the molecule is C[C@H](C(=O)Nc1ccc(C(N)=O)cc1)[NH+]1CCC[C@@H]1c1cccn1C. The molecule has 0 aliphatic carbocycles. The van der Waals surface area contributed by atoms with Crippen molar-refractivity contribution in [2.75, 3.05) is 11.9 Å². The first kappa shape index (κ1) is 17.2. The van der Waals surface area contributed by atoms with Crippen LogP contribution in [0.25, 0.3) is 0 Å². The second kappa shape index (κ2) is 7.11. The molecule has 2 amide bonds. The van der Waals surface area contributed by atoms with Gasteiger partial charge in [-0.25, -0.2) is 0 Å². The van der Waals surface area contributed by atoms with Crippen LogP contribution in [0, 0.1) is 0 Å². The van der Waals surface area contributed by atoms with Crippen LogP contribution < -0.4 is 16.0 Å². The molecule has 1 aromatic carbocycles. The largest absolute Gasteiger partial charge is 0.366 e. The summed E-state index contributed by atoms with van der Waals surface area (Å²) >= 11 is 0. The van der Waals surface area contributed by atoms with Crippen molar-refractivity contribution in [2.24, 2.45) is 12.8 Å². The summed E-state index contributed by atoms with van der Waals surface area (Å²) in [6, 6.07) is 11.0. The molecular formula is C19H25N4O2+. The van der Waals surface area contributed by atoms with Gasteiger partial charge in [-0.3, -0.25) is 9.59 Å². The fraction of sp³-hybridized carbons (Fsp3) is 0.368. The minimum absolute atomic E-state index is 0.0112. The minimum atomic E-state index is -0.474. The molecule has 1 unspecified atom stereocenters. The van der Waals surface area contributed by atoms with Crippen LogP contribution >= 0.6 is 0 Å². The molecule has 6 nitrogen and oxygen atoms in total. The van der Waals surface area contributed by atoms with Gasteiger partial charge in [-0.1, -0.05) is 0 Å². The molecular weight excluding hydrogens is 316 g/mol. The Kier molecular flexibility index (Phi) is 4.90. The molecule has 1 fully saturated rings. The Labute approximate surface area is 147 Å². The molecule has 0 radical (unpaired) electrons. The molecule has 1 aromatic heterocycles. The number of rotatable bonds is 5. The predicted octanol–water partition coefficient (Wildman–Crippen LogP) is 0.871. The number of benzene rings is 1. The number of nitrogens with two attached hydrogens (primary N) is 1. The van der Waals surface area contributed by atoms with Crippen molar-refractivity contribution in [1.29, 1.82) is 0 Å². The molecule has 3 atom stereocenters. The van der Waals surface area contributed by atoms with Gasteiger partial charge < -0.3 is 20.5 Å². The third-order valence-electron chi connectivity index (χ3n) is 5.13. The quantitative estimate of drug-likeness (QED) is 0.754. The van der Waals surface area contributed by atoms with Gasteiger partial charge >= 0.3 is 0 Å². The first-order valence-electron chi connectivity index (χ1n) is 8.65. The lowest BCUT2D eigenvalue weighted by Gasteiger charge is -2.27. The Morgan fingerprint density at radius 1 is 1.28 bits per heavy atom. The van der Waals surface area contributed by atoms with Crippen LogP contribution in [0.5, 0.6) is 0 Å². The van der Waals surface area contributed by atoms with Gasteiger partial charge in [-0.2, -0.15) is 0 Å². The summed E-state index contributed by atoms with van der Waals surface area (Å²) < 4.78 is 2.14. The van der Waals surface area contributed by atoms with E-state index in [0.717, 1.165) is 19.4 Å². The number of likely N-dealkylation sites (tertiary alicyclic amines) is 1. The molecule has 2 aromatic rings. The van der Waals surface area contributed by atoms with E-state index in [4.69, 9.17) is 5.73 Å². The molecule has 132 valence electrons. The van der Waals surface area contributed by atoms with Gasteiger partial charge in [-0.05, 0) is 43.3 Å². The number of hydrogen-bond acceptors (Lipinski definition) is 2. The smallest absolute Gasteiger partial charge is 0.282 e. The van der Waals surface area contributed by atoms with Crippen molar-refractivity contribution >= 4 is 17.5 Å². The lowest BCUT2D eigenvalue weighted by molar-refractivity contribution is -0.932. The molecule has 1 aliphatic rings. The zero-order valence-corrected chi connectivity index (χ0v) is 14.7. The highest BCUT2D eigenvalue weighted by Crippen LogP contribution is 2.20. The summed E-state index contributed by atoms with van der Waals surface area (Å²) in [4.78, 5) is 25.1. The number of carbonyl (C=O) groups is 2. The lowest BCUT2D eigenvalue weighted by atomic mass is 10.1. The molecule has 3 rings (SSSR count). The van der Waals surface area contributed by atoms with Gasteiger partial charge in [-0.15, -0.1) is 0 Å². The summed E-state index contributed by atoms with van der Waals surface area (Å²) in [6.07, 6.45) is 4.27. The van der Waals surface area contributed by atoms with Crippen LogP contribution in [0.1, 0.15) is 41.9 Å². The third-order valence-corrected chi connectivity index (χ3v) is 5.13. The van der Waals surface area contributed by atoms with Crippen molar-refractivity contribution in [3.05, 3.63) is 53.9 Å². The standard InChI is InChI=1S/C19H24N4O2/c1-13(19(25)21-15-9-7-14(8-10-15)18(20)24)23-12-4-6-17(23)16-5-3-11-22(16)2/h3,5,7-11,13,17H,4,6,12H2,1-2H3,(H2,20,24)(H,21,25)/p+1/t13-,17-/m1/s1. The number of nitrogens with one attached hydrogen (secondary N) is 2. The first-order chi connectivity index (χ1) is 12.0. The van der Waals surface area contributed by atoms with E-state index in [2.05, 4.69) is 35.3 Å². The average molecular weight is 341 g/mol. The summed E-state index contributed by atoms with van der Waals surface area (Å²) in [5.74, 6) is -0.485. The molecule has 1 saturated heterocycles. The zero-order chi connectivity index (χ0) is 18.0. The number of aryl methyl sites for hydroxylation is 1. The first-order valence-corrected chi connectivity index (χ1v) is 8.65. The Morgan fingerprint density at radius 2 is 2.00 bits per heavy atom. The molecule has 2 heterocycles. The van der Waals surface area contributed by atoms with Crippen LogP contribution in [-0.4, -0.2) is 29.0 Å². The van der Waals surface area contributed by atoms with E-state index in [1.165, 1.54) is 10.6 Å². The number of hydrogen-bond donors (Lipinski definition) is 3. The summed E-state index contributed by atoms with van der Waals surface area (Å²) in [5.41, 5.74) is 7.62. The summed E-state index contributed by atoms with van der Waals surface area (Å²) in [5, 5.41) is 2.95. The molecule has 1 aliphatic heterocycles. The van der Waals surface area contributed by atoms with Gasteiger partial charge in [0, 0.05) is 37.3 Å². The Hall–Kier alpha value is -2.60. The molecule has 6 heteroatoms. The highest BCUT2D eigenvalue weighted by atomic mass is 16.2. The van der Waals surface area contributed by atoms with E-state index >= 15 is 0 Å². The highest BCUT2D eigenvalue weighted by Gasteiger charge is 2.38. The average Bonchev–Trinajstić information content (AvgIpc) is 3.22. The Balaban J connectivity index is 1.69. The van der Waals surface area contributed by atoms with Crippen LogP contribution in [0.3, 0.4) is 0 Å². The lowest BCUT2D eigenvalue weighted by Crippen LogP contribution is -3.15. The Bertz CT molecular complexity index is 766. The van der Waals surface area contributed by atoms with Crippen molar-refractivity contribution < 1.29 is 14.5 Å². The fourth-order valence-electron chi connectivity index (χ4n) is 3.70. The normalized spacial score (nSPS) is 21.0. The van der Waals surface area contributed by atoms with Gasteiger partial charge in [0.05, 0.1) is 12.2 Å². The predicted molar refractivity (Wildman–Crippen MR) is 96.3 cm³/mol. The number of nitrogens with zero attached hydrogens (tertiary/aromatic N) is 1. The third kappa shape index (κ3) is 3.58. The van der Waals surface area contributed by atoms with E-state index in [9.17, 15) is 9.59 Å². The van der Waals surface area contributed by atoms with Gasteiger partial charge in [0.2, 0.25) is 5.91 Å². The van der Waals surface area contributed by atoms with Crippen LogP contribution in [-0.2, 0) is 11.8 Å². The maximum absolute atomic E-state index is 12.7.